The highest BCUT2D eigenvalue weighted by Crippen LogP contribution is 2.28. The van der Waals surface area contributed by atoms with E-state index in [4.69, 9.17) is 0 Å². The van der Waals surface area contributed by atoms with Gasteiger partial charge in [0.1, 0.15) is 0 Å². The molecule has 0 spiro atoms. The van der Waals surface area contributed by atoms with Crippen molar-refractivity contribution in [2.75, 3.05) is 12.3 Å². The number of nitrogens with zero attached hydrogens (tertiary/aromatic N) is 2. The topological polar surface area (TPSA) is 29.9 Å². The summed E-state index contributed by atoms with van der Waals surface area (Å²) in [7, 11) is 1.99. The molecule has 1 aromatic rings. The van der Waals surface area contributed by atoms with E-state index in [9.17, 15) is 0 Å². The van der Waals surface area contributed by atoms with Crippen molar-refractivity contribution in [2.45, 2.75) is 56.7 Å². The van der Waals surface area contributed by atoms with E-state index in [1.165, 1.54) is 43.4 Å². The molecule has 1 fully saturated rings. The van der Waals surface area contributed by atoms with Crippen molar-refractivity contribution < 1.29 is 0 Å². The first-order valence-electron chi connectivity index (χ1n) is 7.60. The van der Waals surface area contributed by atoms with Crippen LogP contribution < -0.4 is 5.32 Å². The van der Waals surface area contributed by atoms with E-state index in [2.05, 4.69) is 35.3 Å². The van der Waals surface area contributed by atoms with Crippen molar-refractivity contribution in [1.29, 1.82) is 0 Å². The number of hydrogen-bond acceptors (Lipinski definition) is 3. The molecule has 0 saturated heterocycles. The largest absolute Gasteiger partial charge is 0.313 e. The van der Waals surface area contributed by atoms with Crippen LogP contribution in [0.4, 0.5) is 0 Å². The Kier molecular flexibility index (Phi) is 6.24. The number of thioether (sulfide) groups is 1. The Labute approximate surface area is 121 Å². The van der Waals surface area contributed by atoms with Gasteiger partial charge in [-0.25, -0.2) is 0 Å². The summed E-state index contributed by atoms with van der Waals surface area (Å²) in [5.74, 6) is 1.23. The molecule has 108 valence electrons. The summed E-state index contributed by atoms with van der Waals surface area (Å²) in [5, 5.41) is 8.79. The lowest BCUT2D eigenvalue weighted by molar-refractivity contribution is 0.513. The number of rotatable bonds is 7. The first-order chi connectivity index (χ1) is 9.28. The minimum atomic E-state index is 0.584. The Bertz CT molecular complexity index is 358. The second kappa shape index (κ2) is 7.95. The van der Waals surface area contributed by atoms with Gasteiger partial charge in [0.2, 0.25) is 0 Å². The second-order valence-electron chi connectivity index (χ2n) is 5.57. The Balaban J connectivity index is 1.78. The maximum atomic E-state index is 4.26. The number of aryl methyl sites for hydroxylation is 1. The molecule has 4 heteroatoms. The standard InChI is InChI=1S/C15H27N3S/c1-3-16-14(9-13-10-17-18(2)11-13)12-19-15-7-5-4-6-8-15/h10-11,14-16H,3-9,12H2,1-2H3. The minimum absolute atomic E-state index is 0.584. The average Bonchev–Trinajstić information content (AvgIpc) is 2.83. The lowest BCUT2D eigenvalue weighted by atomic mass is 10.0. The molecule has 1 aromatic heterocycles. The van der Waals surface area contributed by atoms with Crippen LogP contribution in [-0.4, -0.2) is 33.4 Å². The van der Waals surface area contributed by atoms with E-state index in [-0.39, 0.29) is 0 Å². The third-order valence-corrected chi connectivity index (χ3v) is 5.36. The van der Waals surface area contributed by atoms with Gasteiger partial charge in [-0.3, -0.25) is 4.68 Å². The fourth-order valence-corrected chi connectivity index (χ4v) is 4.23. The van der Waals surface area contributed by atoms with Crippen LogP contribution in [0.15, 0.2) is 12.4 Å². The lowest BCUT2D eigenvalue weighted by Crippen LogP contribution is -2.34. The van der Waals surface area contributed by atoms with Crippen molar-refractivity contribution in [3.05, 3.63) is 18.0 Å². The zero-order valence-corrected chi connectivity index (χ0v) is 13.1. The minimum Gasteiger partial charge on any atom is -0.313 e. The highest BCUT2D eigenvalue weighted by Gasteiger charge is 2.17. The molecule has 2 rings (SSSR count). The van der Waals surface area contributed by atoms with E-state index >= 15 is 0 Å². The normalized spacial score (nSPS) is 18.6. The fourth-order valence-electron chi connectivity index (χ4n) is 2.82. The van der Waals surface area contributed by atoms with E-state index in [1.807, 2.05) is 17.9 Å². The quantitative estimate of drug-likeness (QED) is 0.833. The monoisotopic (exact) mass is 281 g/mol. The van der Waals surface area contributed by atoms with Crippen LogP contribution in [0, 0.1) is 0 Å². The van der Waals surface area contributed by atoms with Gasteiger partial charge in [0.05, 0.1) is 6.20 Å². The number of nitrogens with one attached hydrogen (secondary N) is 1. The lowest BCUT2D eigenvalue weighted by Gasteiger charge is -2.24. The highest BCUT2D eigenvalue weighted by molar-refractivity contribution is 7.99. The van der Waals surface area contributed by atoms with Gasteiger partial charge in [-0.05, 0) is 31.4 Å². The van der Waals surface area contributed by atoms with Crippen molar-refractivity contribution in [3.63, 3.8) is 0 Å². The molecule has 19 heavy (non-hydrogen) atoms. The predicted octanol–water partition coefficient (Wildman–Crippen LogP) is 3.01. The van der Waals surface area contributed by atoms with Crippen LogP contribution >= 0.6 is 11.8 Å². The molecule has 0 amide bonds. The van der Waals surface area contributed by atoms with E-state index in [0.717, 1.165) is 18.2 Å². The third kappa shape index (κ3) is 5.19. The first kappa shape index (κ1) is 14.9. The Morgan fingerprint density at radius 3 is 2.84 bits per heavy atom. The molecule has 0 radical (unpaired) electrons. The van der Waals surface area contributed by atoms with Gasteiger partial charge < -0.3 is 5.32 Å². The summed E-state index contributed by atoms with van der Waals surface area (Å²) in [6.45, 7) is 3.25. The predicted molar refractivity (Wildman–Crippen MR) is 83.7 cm³/mol. The van der Waals surface area contributed by atoms with Crippen LogP contribution in [0.1, 0.15) is 44.6 Å². The molecule has 1 unspecified atom stereocenters. The third-order valence-electron chi connectivity index (χ3n) is 3.82. The summed E-state index contributed by atoms with van der Waals surface area (Å²) in [5.41, 5.74) is 1.35. The van der Waals surface area contributed by atoms with Crippen molar-refractivity contribution in [3.8, 4) is 0 Å². The molecule has 0 aliphatic heterocycles. The van der Waals surface area contributed by atoms with Gasteiger partial charge in [-0.1, -0.05) is 26.2 Å². The average molecular weight is 281 g/mol. The van der Waals surface area contributed by atoms with Crippen LogP contribution in [0.5, 0.6) is 0 Å². The van der Waals surface area contributed by atoms with Gasteiger partial charge in [-0.15, -0.1) is 0 Å². The SMILES string of the molecule is CCNC(CSC1CCCCC1)Cc1cnn(C)c1. The molecule has 0 aromatic carbocycles. The van der Waals surface area contributed by atoms with Gasteiger partial charge in [-0.2, -0.15) is 16.9 Å². The first-order valence-corrected chi connectivity index (χ1v) is 8.65. The molecular weight excluding hydrogens is 254 g/mol. The second-order valence-corrected chi connectivity index (χ2v) is 6.91. The molecule has 1 aliphatic carbocycles. The van der Waals surface area contributed by atoms with Crippen LogP contribution in [-0.2, 0) is 13.5 Å². The van der Waals surface area contributed by atoms with E-state index in [0.29, 0.717) is 6.04 Å². The van der Waals surface area contributed by atoms with E-state index < -0.39 is 0 Å². The summed E-state index contributed by atoms with van der Waals surface area (Å²) in [6.07, 6.45) is 12.4. The highest BCUT2D eigenvalue weighted by atomic mass is 32.2. The molecule has 1 heterocycles. The number of aromatic nitrogens is 2. The molecule has 1 atom stereocenters. The maximum absolute atomic E-state index is 4.26. The van der Waals surface area contributed by atoms with Gasteiger partial charge in [0, 0.05) is 30.3 Å². The molecule has 0 bridgehead atoms. The van der Waals surface area contributed by atoms with Crippen molar-refractivity contribution >= 4 is 11.8 Å². The zero-order chi connectivity index (χ0) is 13.5. The Morgan fingerprint density at radius 2 is 2.21 bits per heavy atom. The summed E-state index contributed by atoms with van der Waals surface area (Å²) >= 11 is 2.18. The van der Waals surface area contributed by atoms with Gasteiger partial charge in [0.15, 0.2) is 0 Å². The summed E-state index contributed by atoms with van der Waals surface area (Å²) in [4.78, 5) is 0. The molecular formula is C15H27N3S. The van der Waals surface area contributed by atoms with Gasteiger partial charge >= 0.3 is 0 Å². The Morgan fingerprint density at radius 1 is 1.42 bits per heavy atom. The Hall–Kier alpha value is -0.480. The summed E-state index contributed by atoms with van der Waals surface area (Å²) in [6, 6.07) is 0.584. The summed E-state index contributed by atoms with van der Waals surface area (Å²) < 4.78 is 1.90. The smallest absolute Gasteiger partial charge is 0.0522 e. The van der Waals surface area contributed by atoms with Crippen LogP contribution in [0.3, 0.4) is 0 Å². The zero-order valence-electron chi connectivity index (χ0n) is 12.3. The number of likely N-dealkylation sites (N-methyl/N-ethyl adjacent to an activating group) is 1. The van der Waals surface area contributed by atoms with E-state index in [1.54, 1.807) is 0 Å². The van der Waals surface area contributed by atoms with Crippen molar-refractivity contribution in [1.82, 2.24) is 15.1 Å². The van der Waals surface area contributed by atoms with Crippen molar-refractivity contribution in [2.24, 2.45) is 7.05 Å². The maximum Gasteiger partial charge on any atom is 0.0522 e. The van der Waals surface area contributed by atoms with Crippen LogP contribution in [0.2, 0.25) is 0 Å². The molecule has 1 N–H and O–H groups in total. The van der Waals surface area contributed by atoms with Gasteiger partial charge in [0.25, 0.3) is 0 Å². The molecule has 1 aliphatic rings. The van der Waals surface area contributed by atoms with Crippen LogP contribution in [0.25, 0.3) is 0 Å². The molecule has 3 nitrogen and oxygen atoms in total. The number of hydrogen-bond donors (Lipinski definition) is 1. The fraction of sp³-hybridized carbons (Fsp3) is 0.800. The molecule has 1 saturated carbocycles.